The Bertz CT molecular complexity index is 1140. The second kappa shape index (κ2) is 11.7. The second-order valence-electron chi connectivity index (χ2n) is 11.3. The van der Waals surface area contributed by atoms with E-state index in [9.17, 15) is 5.11 Å². The molecule has 0 radical (unpaired) electrons. The van der Waals surface area contributed by atoms with Gasteiger partial charge >= 0.3 is 0 Å². The van der Waals surface area contributed by atoms with Crippen molar-refractivity contribution in [3.8, 4) is 11.5 Å². The third-order valence-electron chi connectivity index (χ3n) is 7.92. The number of anilines is 1. The van der Waals surface area contributed by atoms with Crippen molar-refractivity contribution < 1.29 is 5.11 Å². The number of nitrogens with one attached hydrogen (secondary N) is 1. The van der Waals surface area contributed by atoms with Crippen LogP contribution < -0.4 is 5.32 Å². The predicted octanol–water partition coefficient (Wildman–Crippen LogP) is 6.79. The average molecular weight is 493 g/mol. The molecule has 0 spiro atoms. The fourth-order valence-electron chi connectivity index (χ4n) is 5.15. The Kier molecular flexibility index (Phi) is 8.60. The van der Waals surface area contributed by atoms with Crippen molar-refractivity contribution in [1.29, 1.82) is 0 Å². The highest BCUT2D eigenvalue weighted by Crippen LogP contribution is 2.33. The van der Waals surface area contributed by atoms with Gasteiger partial charge in [0.15, 0.2) is 23.1 Å². The number of nitrogens with zero attached hydrogens (tertiary/aromatic N) is 5. The third kappa shape index (κ3) is 6.05. The molecule has 5 rings (SSSR count). The monoisotopic (exact) mass is 492 g/mol. The number of aromatic nitrogens is 5. The maximum Gasteiger partial charge on any atom is 0.184 e. The number of fused-ring (bicyclic) bond motifs is 1. The summed E-state index contributed by atoms with van der Waals surface area (Å²) in [5.41, 5.74) is 3.45. The minimum atomic E-state index is -0.758. The minimum Gasteiger partial charge on any atom is -0.385 e. The summed E-state index contributed by atoms with van der Waals surface area (Å²) in [6.07, 6.45) is 12.3. The second-order valence-corrected chi connectivity index (χ2v) is 11.3. The van der Waals surface area contributed by atoms with E-state index in [-0.39, 0.29) is 0 Å². The molecule has 0 amide bonds. The topological polar surface area (TPSA) is 88.8 Å². The van der Waals surface area contributed by atoms with Crippen molar-refractivity contribution in [3.05, 3.63) is 29.7 Å². The molecule has 2 aliphatic carbocycles. The summed E-state index contributed by atoms with van der Waals surface area (Å²) < 4.78 is 2.00. The van der Waals surface area contributed by atoms with Gasteiger partial charge < -0.3 is 15.0 Å². The normalized spacial score (nSPS) is 18.4. The SMILES string of the molecule is CC(C)c1ccnc(-c2nc3nc(C(C)O)nc(NC(C)C4CCC4)c3n2C)c1.CC1CCCCC1. The van der Waals surface area contributed by atoms with Gasteiger partial charge in [-0.3, -0.25) is 4.98 Å². The molecule has 2 unspecified atom stereocenters. The maximum atomic E-state index is 10.1. The zero-order valence-corrected chi connectivity index (χ0v) is 23.0. The van der Waals surface area contributed by atoms with Crippen LogP contribution in [0.3, 0.4) is 0 Å². The zero-order chi connectivity index (χ0) is 25.8. The van der Waals surface area contributed by atoms with E-state index in [0.29, 0.717) is 29.3 Å². The fourth-order valence-corrected chi connectivity index (χ4v) is 5.15. The summed E-state index contributed by atoms with van der Waals surface area (Å²) in [4.78, 5) is 18.5. The van der Waals surface area contributed by atoms with E-state index in [0.717, 1.165) is 28.8 Å². The lowest BCUT2D eigenvalue weighted by Crippen LogP contribution is -2.31. The van der Waals surface area contributed by atoms with Crippen LogP contribution in [0.15, 0.2) is 18.3 Å². The summed E-state index contributed by atoms with van der Waals surface area (Å²) in [5.74, 6) is 3.97. The molecule has 3 heterocycles. The van der Waals surface area contributed by atoms with E-state index >= 15 is 0 Å². The van der Waals surface area contributed by atoms with Crippen molar-refractivity contribution in [2.75, 3.05) is 5.32 Å². The Morgan fingerprint density at radius 1 is 0.972 bits per heavy atom. The smallest absolute Gasteiger partial charge is 0.184 e. The quantitative estimate of drug-likeness (QED) is 0.394. The van der Waals surface area contributed by atoms with Crippen LogP contribution in [0.25, 0.3) is 22.7 Å². The van der Waals surface area contributed by atoms with Gasteiger partial charge in [-0.2, -0.15) is 0 Å². The Balaban J connectivity index is 0.000000375. The summed E-state index contributed by atoms with van der Waals surface area (Å²) in [5, 5.41) is 13.7. The molecular weight excluding hydrogens is 448 g/mol. The van der Waals surface area contributed by atoms with Gasteiger partial charge in [0.05, 0.1) is 0 Å². The first kappa shape index (κ1) is 26.5. The van der Waals surface area contributed by atoms with E-state index in [1.807, 2.05) is 23.9 Å². The number of aliphatic hydroxyl groups is 1. The predicted molar refractivity (Wildman–Crippen MR) is 147 cm³/mol. The summed E-state index contributed by atoms with van der Waals surface area (Å²) in [6.45, 7) is 10.6. The molecule has 0 aliphatic heterocycles. The number of aryl methyl sites for hydroxylation is 1. The Hall–Kier alpha value is -2.54. The van der Waals surface area contributed by atoms with Crippen LogP contribution in [0.4, 0.5) is 5.82 Å². The van der Waals surface area contributed by atoms with Gasteiger partial charge in [-0.25, -0.2) is 15.0 Å². The highest BCUT2D eigenvalue weighted by atomic mass is 16.3. The van der Waals surface area contributed by atoms with Crippen LogP contribution in [-0.4, -0.2) is 35.7 Å². The maximum absolute atomic E-state index is 10.1. The molecule has 7 nitrogen and oxygen atoms in total. The zero-order valence-electron chi connectivity index (χ0n) is 23.0. The highest BCUT2D eigenvalue weighted by molar-refractivity contribution is 5.86. The van der Waals surface area contributed by atoms with Gasteiger partial charge in [-0.1, -0.05) is 59.3 Å². The van der Waals surface area contributed by atoms with Gasteiger partial charge in [-0.15, -0.1) is 0 Å². The molecular formula is C29H44N6O. The van der Waals surface area contributed by atoms with Crippen LogP contribution >= 0.6 is 0 Å². The van der Waals surface area contributed by atoms with E-state index in [2.05, 4.69) is 54.0 Å². The average Bonchev–Trinajstić information content (AvgIpc) is 3.15. The van der Waals surface area contributed by atoms with Gasteiger partial charge in [0.2, 0.25) is 0 Å². The lowest BCUT2D eigenvalue weighted by Gasteiger charge is -2.32. The first-order valence-electron chi connectivity index (χ1n) is 13.9. The van der Waals surface area contributed by atoms with Gasteiger partial charge in [0, 0.05) is 19.3 Å². The Labute approximate surface area is 216 Å². The van der Waals surface area contributed by atoms with Crippen molar-refractivity contribution in [2.45, 2.75) is 104 Å². The van der Waals surface area contributed by atoms with E-state index in [4.69, 9.17) is 4.98 Å². The van der Waals surface area contributed by atoms with Crippen molar-refractivity contribution >= 4 is 17.0 Å². The van der Waals surface area contributed by atoms with Crippen molar-refractivity contribution in [3.63, 3.8) is 0 Å². The van der Waals surface area contributed by atoms with Gasteiger partial charge in [0.25, 0.3) is 0 Å². The van der Waals surface area contributed by atoms with E-state index in [1.165, 1.54) is 56.9 Å². The lowest BCUT2D eigenvalue weighted by molar-refractivity contribution is 0.189. The molecule has 3 aromatic rings. The van der Waals surface area contributed by atoms with Crippen LogP contribution in [0.2, 0.25) is 0 Å². The first-order valence-corrected chi connectivity index (χ1v) is 13.9. The highest BCUT2D eigenvalue weighted by Gasteiger charge is 2.26. The fraction of sp³-hybridized carbons (Fsp3) is 0.655. The van der Waals surface area contributed by atoms with Crippen LogP contribution in [0.1, 0.15) is 109 Å². The van der Waals surface area contributed by atoms with Crippen molar-refractivity contribution in [2.24, 2.45) is 18.9 Å². The minimum absolute atomic E-state index is 0.310. The molecule has 196 valence electrons. The molecule has 3 aromatic heterocycles. The number of rotatable bonds is 6. The van der Waals surface area contributed by atoms with Crippen LogP contribution in [0.5, 0.6) is 0 Å². The molecule has 0 aromatic carbocycles. The van der Waals surface area contributed by atoms with Gasteiger partial charge in [-0.05, 0) is 62.1 Å². The standard InChI is InChI=1S/C22H30N6O.C7H14/c1-12(2)16-9-10-23-17(11-16)22-27-21-18(28(22)5)20(25-19(26-21)14(4)29)24-13(3)15-7-6-8-15;1-7-5-3-2-4-6-7/h9-15,29H,6-8H2,1-5H3,(H,24,25,26);7H,2-6H2,1H3. The molecule has 2 fully saturated rings. The summed E-state index contributed by atoms with van der Waals surface area (Å²) in [6, 6.07) is 4.43. The molecule has 7 heteroatoms. The van der Waals surface area contributed by atoms with E-state index in [1.54, 1.807) is 6.92 Å². The number of aliphatic hydroxyl groups excluding tert-OH is 1. The third-order valence-corrected chi connectivity index (χ3v) is 7.92. The number of pyridine rings is 1. The molecule has 2 aliphatic rings. The summed E-state index contributed by atoms with van der Waals surface area (Å²) in [7, 11) is 1.97. The number of imidazole rings is 1. The molecule has 2 atom stereocenters. The molecule has 2 saturated carbocycles. The molecule has 0 saturated heterocycles. The first-order chi connectivity index (χ1) is 17.2. The van der Waals surface area contributed by atoms with E-state index < -0.39 is 6.10 Å². The van der Waals surface area contributed by atoms with Crippen LogP contribution in [0, 0.1) is 11.8 Å². The number of hydrogen-bond acceptors (Lipinski definition) is 6. The Morgan fingerprint density at radius 2 is 1.69 bits per heavy atom. The van der Waals surface area contributed by atoms with Gasteiger partial charge in [0.1, 0.15) is 17.3 Å². The lowest BCUT2D eigenvalue weighted by atomic mass is 9.80. The summed E-state index contributed by atoms with van der Waals surface area (Å²) >= 11 is 0. The molecule has 0 bridgehead atoms. The molecule has 2 N–H and O–H groups in total. The number of hydrogen-bond donors (Lipinski definition) is 2. The Morgan fingerprint density at radius 3 is 2.25 bits per heavy atom. The van der Waals surface area contributed by atoms with Crippen molar-refractivity contribution in [1.82, 2.24) is 24.5 Å². The molecule has 36 heavy (non-hydrogen) atoms. The van der Waals surface area contributed by atoms with Crippen LogP contribution in [-0.2, 0) is 7.05 Å². The largest absolute Gasteiger partial charge is 0.385 e.